The Morgan fingerprint density at radius 2 is 2.22 bits per heavy atom. The quantitative estimate of drug-likeness (QED) is 0.494. The monoisotopic (exact) mass is 129 g/mol. The Morgan fingerprint density at radius 3 is 3.00 bits per heavy atom. The first-order valence-corrected chi connectivity index (χ1v) is 3.39. The van der Waals surface area contributed by atoms with E-state index in [0.29, 0.717) is 12.2 Å². The minimum atomic E-state index is -0.0692. The molecule has 2 aliphatic rings. The first kappa shape index (κ1) is 5.65. The van der Waals surface area contributed by atoms with Gasteiger partial charge in [0.15, 0.2) is 0 Å². The van der Waals surface area contributed by atoms with Crippen molar-refractivity contribution < 1.29 is 9.47 Å². The fourth-order valence-electron chi connectivity index (χ4n) is 1.51. The molecule has 2 saturated heterocycles. The minimum Gasteiger partial charge on any atom is -0.375 e. The fourth-order valence-corrected chi connectivity index (χ4v) is 1.51. The minimum absolute atomic E-state index is 0.0692. The van der Waals surface area contributed by atoms with Crippen molar-refractivity contribution in [3.8, 4) is 0 Å². The second kappa shape index (κ2) is 1.94. The number of rotatable bonds is 0. The molecule has 3 nitrogen and oxygen atoms in total. The van der Waals surface area contributed by atoms with Gasteiger partial charge in [0.1, 0.15) is 6.23 Å². The summed E-state index contributed by atoms with van der Waals surface area (Å²) >= 11 is 0. The topological polar surface area (TPSA) is 44.5 Å². The lowest BCUT2D eigenvalue weighted by Crippen LogP contribution is -2.19. The molecular formula is C6H11NO2. The third kappa shape index (κ3) is 0.852. The summed E-state index contributed by atoms with van der Waals surface area (Å²) in [5.74, 6) is 0. The summed E-state index contributed by atoms with van der Waals surface area (Å²) in [5, 5.41) is 0. The lowest BCUT2D eigenvalue weighted by atomic mass is 10.2. The largest absolute Gasteiger partial charge is 0.375 e. The normalized spacial score (nSPS) is 49.7. The van der Waals surface area contributed by atoms with Gasteiger partial charge < -0.3 is 15.2 Å². The molecule has 2 N–H and O–H groups in total. The standard InChI is InChI=1S/C6H11NO2/c7-6-3-5-4(9-6)1-2-8-5/h4-6H,1-3,7H2. The van der Waals surface area contributed by atoms with Crippen LogP contribution in [0.1, 0.15) is 12.8 Å². The van der Waals surface area contributed by atoms with E-state index in [-0.39, 0.29) is 6.23 Å². The van der Waals surface area contributed by atoms with E-state index in [9.17, 15) is 0 Å². The van der Waals surface area contributed by atoms with Crippen LogP contribution in [-0.2, 0) is 9.47 Å². The van der Waals surface area contributed by atoms with E-state index >= 15 is 0 Å². The molecule has 0 amide bonds. The van der Waals surface area contributed by atoms with Crippen molar-refractivity contribution in [1.82, 2.24) is 0 Å². The molecule has 0 bridgehead atoms. The summed E-state index contributed by atoms with van der Waals surface area (Å²) in [6.07, 6.45) is 2.45. The number of hydrogen-bond donors (Lipinski definition) is 1. The van der Waals surface area contributed by atoms with Gasteiger partial charge in [0.2, 0.25) is 0 Å². The maximum Gasteiger partial charge on any atom is 0.108 e. The Morgan fingerprint density at radius 1 is 1.33 bits per heavy atom. The molecule has 0 aromatic carbocycles. The van der Waals surface area contributed by atoms with E-state index in [0.717, 1.165) is 19.4 Å². The number of nitrogens with two attached hydrogens (primary N) is 1. The molecule has 0 radical (unpaired) electrons. The van der Waals surface area contributed by atoms with Crippen LogP contribution < -0.4 is 5.73 Å². The van der Waals surface area contributed by atoms with Gasteiger partial charge in [-0.3, -0.25) is 0 Å². The van der Waals surface area contributed by atoms with Crippen LogP contribution in [0.25, 0.3) is 0 Å². The van der Waals surface area contributed by atoms with Crippen LogP contribution in [0, 0.1) is 0 Å². The third-order valence-electron chi connectivity index (χ3n) is 1.96. The zero-order valence-corrected chi connectivity index (χ0v) is 5.25. The lowest BCUT2D eigenvalue weighted by molar-refractivity contribution is 0.0417. The number of hydrogen-bond acceptors (Lipinski definition) is 3. The lowest BCUT2D eigenvalue weighted by Gasteiger charge is -2.03. The van der Waals surface area contributed by atoms with Gasteiger partial charge in [0, 0.05) is 13.0 Å². The Labute approximate surface area is 54.1 Å². The molecule has 0 spiro atoms. The van der Waals surface area contributed by atoms with Crippen molar-refractivity contribution in [2.24, 2.45) is 5.73 Å². The summed E-state index contributed by atoms with van der Waals surface area (Å²) < 4.78 is 10.7. The molecule has 0 saturated carbocycles. The van der Waals surface area contributed by atoms with Gasteiger partial charge in [-0.25, -0.2) is 0 Å². The molecule has 3 atom stereocenters. The zero-order chi connectivity index (χ0) is 6.27. The van der Waals surface area contributed by atoms with E-state index in [2.05, 4.69) is 0 Å². The van der Waals surface area contributed by atoms with Gasteiger partial charge in [-0.2, -0.15) is 0 Å². The summed E-state index contributed by atoms with van der Waals surface area (Å²) in [7, 11) is 0. The van der Waals surface area contributed by atoms with Gasteiger partial charge >= 0.3 is 0 Å². The summed E-state index contributed by atoms with van der Waals surface area (Å²) in [4.78, 5) is 0. The van der Waals surface area contributed by atoms with Gasteiger partial charge in [-0.15, -0.1) is 0 Å². The molecule has 2 rings (SSSR count). The van der Waals surface area contributed by atoms with Crippen molar-refractivity contribution in [3.05, 3.63) is 0 Å². The molecule has 52 valence electrons. The first-order valence-electron chi connectivity index (χ1n) is 3.39. The summed E-state index contributed by atoms with van der Waals surface area (Å²) in [6, 6.07) is 0. The number of fused-ring (bicyclic) bond motifs is 1. The van der Waals surface area contributed by atoms with Crippen molar-refractivity contribution in [2.45, 2.75) is 31.3 Å². The highest BCUT2D eigenvalue weighted by Crippen LogP contribution is 2.27. The Balaban J connectivity index is 2.02. The van der Waals surface area contributed by atoms with Gasteiger partial charge in [0.05, 0.1) is 12.2 Å². The predicted octanol–water partition coefficient (Wildman–Crippen LogP) is -0.151. The van der Waals surface area contributed by atoms with E-state index < -0.39 is 0 Å². The van der Waals surface area contributed by atoms with Crippen LogP contribution in [0.3, 0.4) is 0 Å². The molecule has 3 unspecified atom stereocenters. The SMILES string of the molecule is NC1CC2OCCC2O1. The number of ether oxygens (including phenoxy) is 2. The maximum atomic E-state index is 5.52. The van der Waals surface area contributed by atoms with E-state index in [1.54, 1.807) is 0 Å². The molecule has 2 aliphatic heterocycles. The Hall–Kier alpha value is -0.120. The third-order valence-corrected chi connectivity index (χ3v) is 1.96. The van der Waals surface area contributed by atoms with Crippen LogP contribution in [0.5, 0.6) is 0 Å². The fraction of sp³-hybridized carbons (Fsp3) is 1.00. The Kier molecular flexibility index (Phi) is 1.22. The molecular weight excluding hydrogens is 118 g/mol. The molecule has 2 heterocycles. The van der Waals surface area contributed by atoms with E-state index in [1.807, 2.05) is 0 Å². The van der Waals surface area contributed by atoms with Gasteiger partial charge in [0.25, 0.3) is 0 Å². The second-order valence-electron chi connectivity index (χ2n) is 2.65. The molecule has 0 aromatic heterocycles. The highest BCUT2D eigenvalue weighted by molar-refractivity contribution is 4.84. The van der Waals surface area contributed by atoms with Crippen molar-refractivity contribution in [2.75, 3.05) is 6.61 Å². The molecule has 2 fully saturated rings. The molecule has 9 heavy (non-hydrogen) atoms. The summed E-state index contributed by atoms with van der Waals surface area (Å²) in [6.45, 7) is 0.849. The van der Waals surface area contributed by atoms with Gasteiger partial charge in [-0.05, 0) is 6.42 Å². The van der Waals surface area contributed by atoms with Crippen LogP contribution in [0.15, 0.2) is 0 Å². The first-order chi connectivity index (χ1) is 4.36. The average Bonchev–Trinajstić information content (AvgIpc) is 2.22. The van der Waals surface area contributed by atoms with Crippen LogP contribution in [0.4, 0.5) is 0 Å². The van der Waals surface area contributed by atoms with Crippen molar-refractivity contribution in [3.63, 3.8) is 0 Å². The second-order valence-corrected chi connectivity index (χ2v) is 2.65. The van der Waals surface area contributed by atoms with Gasteiger partial charge in [-0.1, -0.05) is 0 Å². The van der Waals surface area contributed by atoms with Crippen molar-refractivity contribution >= 4 is 0 Å². The Bertz CT molecular complexity index is 106. The van der Waals surface area contributed by atoms with Crippen LogP contribution in [-0.4, -0.2) is 25.0 Å². The van der Waals surface area contributed by atoms with E-state index in [1.165, 1.54) is 0 Å². The molecule has 3 heteroatoms. The van der Waals surface area contributed by atoms with Crippen molar-refractivity contribution in [1.29, 1.82) is 0 Å². The average molecular weight is 129 g/mol. The zero-order valence-electron chi connectivity index (χ0n) is 5.25. The smallest absolute Gasteiger partial charge is 0.108 e. The highest BCUT2D eigenvalue weighted by atomic mass is 16.6. The maximum absolute atomic E-state index is 5.52. The van der Waals surface area contributed by atoms with E-state index in [4.69, 9.17) is 15.2 Å². The summed E-state index contributed by atoms with van der Waals surface area (Å²) in [5.41, 5.74) is 5.52. The van der Waals surface area contributed by atoms with Crippen LogP contribution in [0.2, 0.25) is 0 Å². The van der Waals surface area contributed by atoms with Crippen LogP contribution >= 0.6 is 0 Å². The highest BCUT2D eigenvalue weighted by Gasteiger charge is 2.37. The molecule has 0 aliphatic carbocycles. The molecule has 0 aromatic rings. The predicted molar refractivity (Wildman–Crippen MR) is 31.8 cm³/mol.